The maximum Gasteiger partial charge on any atom is 0.100 e. The summed E-state index contributed by atoms with van der Waals surface area (Å²) in [5.41, 5.74) is 7.03. The third-order valence-corrected chi connectivity index (χ3v) is 4.26. The number of benzene rings is 2. The van der Waals surface area contributed by atoms with Crippen molar-refractivity contribution in [1.29, 1.82) is 0 Å². The molecule has 4 rings (SSSR count). The maximum absolute atomic E-state index is 4.59. The molecule has 4 aromatic rings. The molecule has 0 aliphatic rings. The summed E-state index contributed by atoms with van der Waals surface area (Å²) < 4.78 is 2.15. The Morgan fingerprint density at radius 1 is 1.13 bits per heavy atom. The third-order valence-electron chi connectivity index (χ3n) is 4.26. The predicted octanol–water partition coefficient (Wildman–Crippen LogP) is 3.88. The van der Waals surface area contributed by atoms with Crippen molar-refractivity contribution in [3.63, 3.8) is 0 Å². The molecular formula is C19H20N4. The van der Waals surface area contributed by atoms with Crippen molar-refractivity contribution in [3.8, 4) is 5.69 Å². The summed E-state index contributed by atoms with van der Waals surface area (Å²) >= 11 is 0. The number of H-pyrrole nitrogens is 1. The Labute approximate surface area is 135 Å². The molecule has 0 radical (unpaired) electrons. The van der Waals surface area contributed by atoms with E-state index in [-0.39, 0.29) is 0 Å². The van der Waals surface area contributed by atoms with Gasteiger partial charge >= 0.3 is 0 Å². The van der Waals surface area contributed by atoms with E-state index in [1.54, 1.807) is 0 Å². The fraction of sp³-hybridized carbons (Fsp3) is 0.211. The molecule has 116 valence electrons. The average molecular weight is 304 g/mol. The quantitative estimate of drug-likeness (QED) is 0.623. The van der Waals surface area contributed by atoms with Crippen molar-refractivity contribution in [2.24, 2.45) is 0 Å². The fourth-order valence-corrected chi connectivity index (χ4v) is 3.13. The van der Waals surface area contributed by atoms with Crippen LogP contribution in [0, 0.1) is 6.92 Å². The van der Waals surface area contributed by atoms with Gasteiger partial charge in [-0.1, -0.05) is 6.07 Å². The zero-order valence-corrected chi connectivity index (χ0v) is 13.7. The maximum atomic E-state index is 4.59. The third kappa shape index (κ3) is 2.41. The lowest BCUT2D eigenvalue weighted by atomic mass is 10.1. The molecule has 2 aromatic carbocycles. The summed E-state index contributed by atoms with van der Waals surface area (Å²) in [5.74, 6) is 0. The standard InChI is InChI=1S/C19H20N4/c1-13-10-20-17-6-5-15(9-16(13)17)23-12-21-18-8-14(11-22(2)3)4-7-19(18)23/h4-10,12,20H,11H2,1-3H3. The lowest BCUT2D eigenvalue weighted by molar-refractivity contribution is 0.402. The first-order valence-corrected chi connectivity index (χ1v) is 7.80. The van der Waals surface area contributed by atoms with Gasteiger partial charge in [-0.05, 0) is 62.5 Å². The minimum absolute atomic E-state index is 0.928. The molecule has 0 fully saturated rings. The first kappa shape index (κ1) is 14.0. The van der Waals surface area contributed by atoms with Crippen molar-refractivity contribution < 1.29 is 0 Å². The smallest absolute Gasteiger partial charge is 0.100 e. The van der Waals surface area contributed by atoms with Crippen molar-refractivity contribution in [2.45, 2.75) is 13.5 Å². The number of hydrogen-bond donors (Lipinski definition) is 1. The number of nitrogens with zero attached hydrogens (tertiary/aromatic N) is 3. The van der Waals surface area contributed by atoms with Crippen LogP contribution in [-0.4, -0.2) is 33.5 Å². The largest absolute Gasteiger partial charge is 0.361 e. The number of nitrogens with one attached hydrogen (secondary N) is 1. The molecule has 2 heterocycles. The molecule has 0 aliphatic carbocycles. The summed E-state index contributed by atoms with van der Waals surface area (Å²) in [4.78, 5) is 10.1. The van der Waals surface area contributed by atoms with Crippen LogP contribution < -0.4 is 0 Å². The zero-order chi connectivity index (χ0) is 16.0. The Hall–Kier alpha value is -2.59. The van der Waals surface area contributed by atoms with Gasteiger partial charge in [-0.3, -0.25) is 4.57 Å². The van der Waals surface area contributed by atoms with E-state index in [0.717, 1.165) is 23.3 Å². The van der Waals surface area contributed by atoms with Crippen LogP contribution in [0.4, 0.5) is 0 Å². The lowest BCUT2D eigenvalue weighted by Crippen LogP contribution is -2.10. The molecule has 0 atom stereocenters. The van der Waals surface area contributed by atoms with E-state index in [2.05, 4.69) is 76.9 Å². The molecule has 23 heavy (non-hydrogen) atoms. The van der Waals surface area contributed by atoms with Crippen LogP contribution in [0.15, 0.2) is 48.9 Å². The van der Waals surface area contributed by atoms with E-state index < -0.39 is 0 Å². The van der Waals surface area contributed by atoms with Gasteiger partial charge in [0, 0.05) is 29.3 Å². The number of aromatic nitrogens is 3. The van der Waals surface area contributed by atoms with Crippen LogP contribution in [-0.2, 0) is 6.54 Å². The Morgan fingerprint density at radius 3 is 2.83 bits per heavy atom. The summed E-state index contributed by atoms with van der Waals surface area (Å²) in [5, 5.41) is 1.26. The molecule has 1 N–H and O–H groups in total. The number of hydrogen-bond acceptors (Lipinski definition) is 2. The van der Waals surface area contributed by atoms with E-state index in [9.17, 15) is 0 Å². The monoisotopic (exact) mass is 304 g/mol. The van der Waals surface area contributed by atoms with Gasteiger partial charge in [0.15, 0.2) is 0 Å². The van der Waals surface area contributed by atoms with Crippen LogP contribution in [0.1, 0.15) is 11.1 Å². The summed E-state index contributed by atoms with van der Waals surface area (Å²) in [7, 11) is 4.16. The molecule has 2 aromatic heterocycles. The molecule has 0 bridgehead atoms. The van der Waals surface area contributed by atoms with E-state index in [1.165, 1.54) is 22.0 Å². The Kier molecular flexibility index (Phi) is 3.20. The van der Waals surface area contributed by atoms with Crippen LogP contribution in [0.3, 0.4) is 0 Å². The van der Waals surface area contributed by atoms with Crippen LogP contribution in [0.25, 0.3) is 27.6 Å². The van der Waals surface area contributed by atoms with Crippen molar-refractivity contribution in [2.75, 3.05) is 14.1 Å². The minimum atomic E-state index is 0.928. The first-order chi connectivity index (χ1) is 11.1. The highest BCUT2D eigenvalue weighted by atomic mass is 15.1. The molecule has 4 heteroatoms. The molecule has 0 saturated carbocycles. The molecule has 4 nitrogen and oxygen atoms in total. The first-order valence-electron chi connectivity index (χ1n) is 7.80. The van der Waals surface area contributed by atoms with E-state index in [4.69, 9.17) is 0 Å². The summed E-state index contributed by atoms with van der Waals surface area (Å²) in [6.07, 6.45) is 3.96. The number of imidazole rings is 1. The molecule has 0 amide bonds. The van der Waals surface area contributed by atoms with Gasteiger partial charge in [-0.2, -0.15) is 0 Å². The van der Waals surface area contributed by atoms with Crippen LogP contribution in [0.5, 0.6) is 0 Å². The van der Waals surface area contributed by atoms with Gasteiger partial charge in [0.05, 0.1) is 11.0 Å². The van der Waals surface area contributed by atoms with Crippen LogP contribution in [0.2, 0.25) is 0 Å². The molecule has 0 unspecified atom stereocenters. The van der Waals surface area contributed by atoms with E-state index in [1.807, 2.05) is 12.5 Å². The lowest BCUT2D eigenvalue weighted by Gasteiger charge is -2.10. The highest BCUT2D eigenvalue weighted by Crippen LogP contribution is 2.24. The average Bonchev–Trinajstić information content (AvgIpc) is 3.10. The minimum Gasteiger partial charge on any atom is -0.361 e. The normalized spacial score (nSPS) is 11.8. The van der Waals surface area contributed by atoms with Gasteiger partial charge in [0.25, 0.3) is 0 Å². The number of rotatable bonds is 3. The van der Waals surface area contributed by atoms with Gasteiger partial charge in [0.2, 0.25) is 0 Å². The topological polar surface area (TPSA) is 36.9 Å². The summed E-state index contributed by atoms with van der Waals surface area (Å²) in [6.45, 7) is 3.06. The summed E-state index contributed by atoms with van der Waals surface area (Å²) in [6, 6.07) is 13.0. The molecule has 0 saturated heterocycles. The zero-order valence-electron chi connectivity index (χ0n) is 13.7. The second-order valence-electron chi connectivity index (χ2n) is 6.38. The molecule has 0 aliphatic heterocycles. The Morgan fingerprint density at radius 2 is 2.00 bits per heavy atom. The molecular weight excluding hydrogens is 284 g/mol. The van der Waals surface area contributed by atoms with Crippen molar-refractivity contribution >= 4 is 21.9 Å². The van der Waals surface area contributed by atoms with Gasteiger partial charge in [-0.25, -0.2) is 4.98 Å². The van der Waals surface area contributed by atoms with Crippen molar-refractivity contribution in [1.82, 2.24) is 19.4 Å². The highest BCUT2D eigenvalue weighted by molar-refractivity contribution is 5.86. The van der Waals surface area contributed by atoms with Crippen molar-refractivity contribution in [3.05, 3.63) is 60.0 Å². The van der Waals surface area contributed by atoms with E-state index >= 15 is 0 Å². The molecule has 0 spiro atoms. The number of aryl methyl sites for hydroxylation is 1. The van der Waals surface area contributed by atoms with Gasteiger partial charge in [-0.15, -0.1) is 0 Å². The second kappa shape index (κ2) is 5.25. The Bertz CT molecular complexity index is 991. The SMILES string of the molecule is Cc1c[nH]c2ccc(-n3cnc4cc(CN(C)C)ccc43)cc12. The predicted molar refractivity (Wildman–Crippen MR) is 95.1 cm³/mol. The number of aromatic amines is 1. The second-order valence-corrected chi connectivity index (χ2v) is 6.38. The van der Waals surface area contributed by atoms with Gasteiger partial charge < -0.3 is 9.88 Å². The van der Waals surface area contributed by atoms with Crippen LogP contribution >= 0.6 is 0 Å². The van der Waals surface area contributed by atoms with E-state index in [0.29, 0.717) is 0 Å². The fourth-order valence-electron chi connectivity index (χ4n) is 3.13. The van der Waals surface area contributed by atoms with Gasteiger partial charge in [0.1, 0.15) is 6.33 Å². The Balaban J connectivity index is 1.82. The highest BCUT2D eigenvalue weighted by Gasteiger charge is 2.08. The number of fused-ring (bicyclic) bond motifs is 2.